The molecule has 0 aromatic rings. The molecule has 2 aliphatic heterocycles. The zero-order valence-electron chi connectivity index (χ0n) is 6.21. The van der Waals surface area contributed by atoms with Gasteiger partial charge in [0.2, 0.25) is 0 Å². The van der Waals surface area contributed by atoms with Gasteiger partial charge >= 0.3 is 6.03 Å². The number of nitrogens with one attached hydrogen (secondary N) is 1. The molecule has 0 aromatic heterocycles. The molecule has 3 N–H and O–H groups in total. The van der Waals surface area contributed by atoms with E-state index in [4.69, 9.17) is 5.73 Å². The minimum Gasteiger partial charge on any atom is -0.390 e. The largest absolute Gasteiger partial charge is 0.390 e. The van der Waals surface area contributed by atoms with E-state index in [0.717, 1.165) is 13.1 Å². The van der Waals surface area contributed by atoms with Crippen LogP contribution in [0.25, 0.3) is 0 Å². The second kappa shape index (κ2) is 2.15. The molecule has 1 atom stereocenters. The SMILES string of the molecule is NC(=O)N1CC2=CNCC2C1. The molecule has 0 aliphatic carbocycles. The van der Waals surface area contributed by atoms with Gasteiger partial charge in [-0.3, -0.25) is 0 Å². The van der Waals surface area contributed by atoms with Crippen LogP contribution in [-0.2, 0) is 0 Å². The molecule has 0 spiro atoms. The summed E-state index contributed by atoms with van der Waals surface area (Å²) in [5.41, 5.74) is 6.45. The Morgan fingerprint density at radius 3 is 3.27 bits per heavy atom. The predicted octanol–water partition coefficient (Wildman–Crippen LogP) is -0.516. The van der Waals surface area contributed by atoms with Crippen molar-refractivity contribution < 1.29 is 4.79 Å². The van der Waals surface area contributed by atoms with Crippen molar-refractivity contribution in [2.45, 2.75) is 0 Å². The van der Waals surface area contributed by atoms with Crippen LogP contribution in [0, 0.1) is 5.92 Å². The summed E-state index contributed by atoms with van der Waals surface area (Å²) in [6, 6.07) is -0.305. The Morgan fingerprint density at radius 1 is 1.82 bits per heavy atom. The predicted molar refractivity (Wildman–Crippen MR) is 40.7 cm³/mol. The molecule has 2 heterocycles. The fraction of sp³-hybridized carbons (Fsp3) is 0.571. The highest BCUT2D eigenvalue weighted by molar-refractivity contribution is 5.73. The van der Waals surface area contributed by atoms with Crippen molar-refractivity contribution in [2.75, 3.05) is 19.6 Å². The Bertz CT molecular complexity index is 224. The summed E-state index contributed by atoms with van der Waals surface area (Å²) >= 11 is 0. The highest BCUT2D eigenvalue weighted by Gasteiger charge is 2.31. The molecule has 0 bridgehead atoms. The molecule has 2 amide bonds. The molecule has 4 nitrogen and oxygen atoms in total. The maximum absolute atomic E-state index is 10.7. The number of carbonyl (C=O) groups excluding carboxylic acids is 1. The van der Waals surface area contributed by atoms with Crippen LogP contribution in [0.1, 0.15) is 0 Å². The summed E-state index contributed by atoms with van der Waals surface area (Å²) in [5.74, 6) is 0.516. The molecule has 0 aromatic carbocycles. The molecule has 11 heavy (non-hydrogen) atoms. The van der Waals surface area contributed by atoms with Gasteiger partial charge < -0.3 is 16.0 Å². The Hall–Kier alpha value is -1.19. The van der Waals surface area contributed by atoms with Crippen LogP contribution in [-0.4, -0.2) is 30.6 Å². The van der Waals surface area contributed by atoms with Crippen LogP contribution in [0.15, 0.2) is 11.8 Å². The molecule has 2 rings (SSSR count). The minimum absolute atomic E-state index is 0.305. The topological polar surface area (TPSA) is 58.4 Å². The van der Waals surface area contributed by atoms with E-state index in [0.29, 0.717) is 12.5 Å². The highest BCUT2D eigenvalue weighted by atomic mass is 16.2. The molecule has 0 radical (unpaired) electrons. The molecular weight excluding hydrogens is 142 g/mol. The number of urea groups is 1. The lowest BCUT2D eigenvalue weighted by Crippen LogP contribution is -2.34. The van der Waals surface area contributed by atoms with Crippen molar-refractivity contribution in [2.24, 2.45) is 11.7 Å². The number of rotatable bonds is 0. The van der Waals surface area contributed by atoms with Crippen molar-refractivity contribution >= 4 is 6.03 Å². The summed E-state index contributed by atoms with van der Waals surface area (Å²) < 4.78 is 0. The van der Waals surface area contributed by atoms with Crippen molar-refractivity contribution in [3.05, 3.63) is 11.8 Å². The average Bonchev–Trinajstić information content (AvgIpc) is 2.40. The third-order valence-corrected chi connectivity index (χ3v) is 2.30. The number of carbonyl (C=O) groups is 1. The first-order chi connectivity index (χ1) is 5.27. The summed E-state index contributed by atoms with van der Waals surface area (Å²) in [7, 11) is 0. The third-order valence-electron chi connectivity index (χ3n) is 2.30. The van der Waals surface area contributed by atoms with Crippen LogP contribution in [0.5, 0.6) is 0 Å². The average molecular weight is 153 g/mol. The number of nitrogens with zero attached hydrogens (tertiary/aromatic N) is 1. The van der Waals surface area contributed by atoms with Gasteiger partial charge in [0.25, 0.3) is 0 Å². The van der Waals surface area contributed by atoms with E-state index in [1.807, 2.05) is 6.20 Å². The molecule has 2 aliphatic rings. The first kappa shape index (κ1) is 6.52. The smallest absolute Gasteiger partial charge is 0.315 e. The molecule has 1 fully saturated rings. The second-order valence-corrected chi connectivity index (χ2v) is 3.04. The summed E-state index contributed by atoms with van der Waals surface area (Å²) in [6.45, 7) is 2.46. The van der Waals surface area contributed by atoms with E-state index < -0.39 is 0 Å². The van der Waals surface area contributed by atoms with Crippen molar-refractivity contribution in [3.63, 3.8) is 0 Å². The first-order valence-electron chi connectivity index (χ1n) is 3.74. The van der Waals surface area contributed by atoms with Crippen molar-refractivity contribution in [3.8, 4) is 0 Å². The lowest BCUT2D eigenvalue weighted by molar-refractivity contribution is 0.217. The molecule has 0 saturated carbocycles. The highest BCUT2D eigenvalue weighted by Crippen LogP contribution is 2.24. The van der Waals surface area contributed by atoms with E-state index in [9.17, 15) is 4.79 Å². The summed E-state index contributed by atoms with van der Waals surface area (Å²) in [4.78, 5) is 12.4. The number of fused-ring (bicyclic) bond motifs is 1. The minimum atomic E-state index is -0.305. The Balaban J connectivity index is 2.09. The van der Waals surface area contributed by atoms with Crippen molar-refractivity contribution in [1.29, 1.82) is 0 Å². The van der Waals surface area contributed by atoms with Crippen LogP contribution in [0.3, 0.4) is 0 Å². The van der Waals surface area contributed by atoms with E-state index in [2.05, 4.69) is 5.32 Å². The zero-order valence-corrected chi connectivity index (χ0v) is 6.21. The van der Waals surface area contributed by atoms with E-state index >= 15 is 0 Å². The molecule has 4 heteroatoms. The number of amides is 2. The van der Waals surface area contributed by atoms with E-state index in [1.54, 1.807) is 4.90 Å². The van der Waals surface area contributed by atoms with E-state index in [1.165, 1.54) is 5.57 Å². The van der Waals surface area contributed by atoms with Crippen molar-refractivity contribution in [1.82, 2.24) is 10.2 Å². The first-order valence-corrected chi connectivity index (χ1v) is 3.74. The van der Waals surface area contributed by atoms with Gasteiger partial charge in [0.1, 0.15) is 0 Å². The lowest BCUT2D eigenvalue weighted by Gasteiger charge is -2.12. The van der Waals surface area contributed by atoms with Gasteiger partial charge in [-0.1, -0.05) is 0 Å². The monoisotopic (exact) mass is 153 g/mol. The Kier molecular flexibility index (Phi) is 1.27. The maximum Gasteiger partial charge on any atom is 0.315 e. The lowest BCUT2D eigenvalue weighted by atomic mass is 10.1. The molecule has 60 valence electrons. The Morgan fingerprint density at radius 2 is 2.64 bits per heavy atom. The quantitative estimate of drug-likeness (QED) is 0.492. The van der Waals surface area contributed by atoms with Gasteiger partial charge in [0.05, 0.1) is 0 Å². The second-order valence-electron chi connectivity index (χ2n) is 3.04. The van der Waals surface area contributed by atoms with Crippen LogP contribution < -0.4 is 11.1 Å². The van der Waals surface area contributed by atoms with Crippen LogP contribution >= 0.6 is 0 Å². The van der Waals surface area contributed by atoms with Gasteiger partial charge in [0, 0.05) is 25.6 Å². The van der Waals surface area contributed by atoms with Gasteiger partial charge in [-0.25, -0.2) is 4.79 Å². The standard InChI is InChI=1S/C7H11N3O/c8-7(11)10-3-5-1-9-2-6(5)4-10/h1,6,9H,2-4H2,(H2,8,11). The maximum atomic E-state index is 10.7. The zero-order chi connectivity index (χ0) is 7.84. The number of primary amides is 1. The summed E-state index contributed by atoms with van der Waals surface area (Å²) in [5, 5.41) is 3.14. The fourth-order valence-electron chi connectivity index (χ4n) is 1.66. The number of likely N-dealkylation sites (tertiary alicyclic amines) is 1. The number of hydrogen-bond acceptors (Lipinski definition) is 2. The van der Waals surface area contributed by atoms with Gasteiger partial charge in [-0.05, 0) is 11.8 Å². The Labute approximate surface area is 65.0 Å². The van der Waals surface area contributed by atoms with E-state index in [-0.39, 0.29) is 6.03 Å². The molecule has 1 unspecified atom stereocenters. The van der Waals surface area contributed by atoms with Crippen LogP contribution in [0.4, 0.5) is 4.79 Å². The molecule has 1 saturated heterocycles. The summed E-state index contributed by atoms with van der Waals surface area (Å²) in [6.07, 6.45) is 1.99. The number of nitrogens with two attached hydrogens (primary N) is 1. The van der Waals surface area contributed by atoms with Gasteiger partial charge in [-0.2, -0.15) is 0 Å². The number of hydrogen-bond donors (Lipinski definition) is 2. The van der Waals surface area contributed by atoms with Crippen LogP contribution in [0.2, 0.25) is 0 Å². The van der Waals surface area contributed by atoms with Gasteiger partial charge in [-0.15, -0.1) is 0 Å². The van der Waals surface area contributed by atoms with Gasteiger partial charge in [0.15, 0.2) is 0 Å². The third kappa shape index (κ3) is 0.943. The fourth-order valence-corrected chi connectivity index (χ4v) is 1.66. The normalized spacial score (nSPS) is 27.8. The molecular formula is C7H11N3O.